The molecule has 23 heavy (non-hydrogen) atoms. The minimum Gasteiger partial charge on any atom is -0.348 e. The van der Waals surface area contributed by atoms with E-state index in [9.17, 15) is 9.59 Å². The minimum atomic E-state index is -0.538. The normalized spacial score (nSPS) is 10.3. The molecule has 0 spiro atoms. The molecule has 1 rings (SSSR count). The predicted molar refractivity (Wildman–Crippen MR) is 94.2 cm³/mol. The van der Waals surface area contributed by atoms with Crippen molar-refractivity contribution in [3.63, 3.8) is 0 Å². The fraction of sp³-hybridized carbons (Fsp3) is 0.579. The van der Waals surface area contributed by atoms with Crippen molar-refractivity contribution < 1.29 is 9.59 Å². The van der Waals surface area contributed by atoms with E-state index in [1.807, 2.05) is 30.3 Å². The average Bonchev–Trinajstić information content (AvgIpc) is 2.58. The second-order valence-corrected chi connectivity index (χ2v) is 5.87. The smallest absolute Gasteiger partial charge is 0.309 e. The molecule has 0 aliphatic heterocycles. The Bertz CT molecular complexity index is 446. The number of hydrogen-bond donors (Lipinski definition) is 2. The number of amides is 2. The van der Waals surface area contributed by atoms with Gasteiger partial charge in [0.2, 0.25) is 0 Å². The molecule has 128 valence electrons. The summed E-state index contributed by atoms with van der Waals surface area (Å²) in [4.78, 5) is 23.3. The number of carbonyl (C=O) groups excluding carboxylic acids is 2. The summed E-state index contributed by atoms with van der Waals surface area (Å²) >= 11 is 0. The number of rotatable bonds is 11. The topological polar surface area (TPSA) is 58.2 Å². The van der Waals surface area contributed by atoms with Crippen LogP contribution < -0.4 is 10.6 Å². The van der Waals surface area contributed by atoms with Crippen molar-refractivity contribution in [2.45, 2.75) is 58.3 Å². The molecule has 0 bridgehead atoms. The van der Waals surface area contributed by atoms with Crippen LogP contribution in [0.4, 0.5) is 0 Å². The van der Waals surface area contributed by atoms with Gasteiger partial charge in [0, 0.05) is 13.1 Å². The standard InChI is InChI=1S/C19H30N2O2/c1-2-3-4-5-6-7-11-15-20-18(22)19(23)21-16-14-17-12-9-8-10-13-17/h8-10,12-13H,2-7,11,14-16H2,1H3,(H,20,22)(H,21,23). The van der Waals surface area contributed by atoms with Crippen molar-refractivity contribution in [1.29, 1.82) is 0 Å². The quantitative estimate of drug-likeness (QED) is 0.486. The van der Waals surface area contributed by atoms with E-state index < -0.39 is 11.8 Å². The van der Waals surface area contributed by atoms with E-state index in [0.29, 0.717) is 13.1 Å². The van der Waals surface area contributed by atoms with Gasteiger partial charge in [-0.2, -0.15) is 0 Å². The maximum atomic E-state index is 11.6. The maximum Gasteiger partial charge on any atom is 0.309 e. The zero-order valence-electron chi connectivity index (χ0n) is 14.3. The molecule has 0 saturated heterocycles. The fourth-order valence-corrected chi connectivity index (χ4v) is 2.41. The van der Waals surface area contributed by atoms with Crippen LogP contribution in [0, 0.1) is 0 Å². The van der Waals surface area contributed by atoms with Gasteiger partial charge in [-0.1, -0.05) is 75.8 Å². The summed E-state index contributed by atoms with van der Waals surface area (Å²) in [5.74, 6) is -1.06. The number of carbonyl (C=O) groups is 2. The predicted octanol–water partition coefficient (Wildman–Crippen LogP) is 3.21. The molecular weight excluding hydrogens is 288 g/mol. The lowest BCUT2D eigenvalue weighted by Crippen LogP contribution is -2.40. The van der Waals surface area contributed by atoms with Gasteiger partial charge in [0.25, 0.3) is 0 Å². The van der Waals surface area contributed by atoms with Crippen LogP contribution in [0.3, 0.4) is 0 Å². The third-order valence-corrected chi connectivity index (χ3v) is 3.81. The monoisotopic (exact) mass is 318 g/mol. The fourth-order valence-electron chi connectivity index (χ4n) is 2.41. The summed E-state index contributed by atoms with van der Waals surface area (Å²) < 4.78 is 0. The summed E-state index contributed by atoms with van der Waals surface area (Å²) in [7, 11) is 0. The Hall–Kier alpha value is -1.84. The van der Waals surface area contributed by atoms with Gasteiger partial charge in [0.05, 0.1) is 0 Å². The van der Waals surface area contributed by atoms with Gasteiger partial charge in [-0.25, -0.2) is 0 Å². The van der Waals surface area contributed by atoms with Crippen LogP contribution in [0.1, 0.15) is 57.4 Å². The van der Waals surface area contributed by atoms with E-state index in [4.69, 9.17) is 0 Å². The van der Waals surface area contributed by atoms with E-state index in [0.717, 1.165) is 24.8 Å². The third kappa shape index (κ3) is 9.72. The van der Waals surface area contributed by atoms with Crippen molar-refractivity contribution >= 4 is 11.8 Å². The molecule has 0 aromatic heterocycles. The molecule has 0 saturated carbocycles. The van der Waals surface area contributed by atoms with Crippen molar-refractivity contribution in [3.05, 3.63) is 35.9 Å². The number of hydrogen-bond acceptors (Lipinski definition) is 2. The molecular formula is C19H30N2O2. The molecule has 0 radical (unpaired) electrons. The van der Waals surface area contributed by atoms with Crippen LogP contribution in [0.2, 0.25) is 0 Å². The highest BCUT2D eigenvalue weighted by Gasteiger charge is 2.11. The van der Waals surface area contributed by atoms with E-state index in [2.05, 4.69) is 17.6 Å². The third-order valence-electron chi connectivity index (χ3n) is 3.81. The molecule has 4 heteroatoms. The molecule has 0 aliphatic carbocycles. The van der Waals surface area contributed by atoms with Crippen molar-refractivity contribution in [2.75, 3.05) is 13.1 Å². The Balaban J connectivity index is 2.00. The minimum absolute atomic E-state index is 0.480. The summed E-state index contributed by atoms with van der Waals surface area (Å²) in [6.45, 7) is 3.27. The van der Waals surface area contributed by atoms with E-state index >= 15 is 0 Å². The first-order valence-electron chi connectivity index (χ1n) is 8.84. The average molecular weight is 318 g/mol. The van der Waals surface area contributed by atoms with Gasteiger partial charge in [-0.15, -0.1) is 0 Å². The molecule has 1 aromatic carbocycles. The lowest BCUT2D eigenvalue weighted by Gasteiger charge is -2.07. The van der Waals surface area contributed by atoms with Crippen LogP contribution in [0.25, 0.3) is 0 Å². The molecule has 0 unspecified atom stereocenters. The number of nitrogens with one attached hydrogen (secondary N) is 2. The highest BCUT2D eigenvalue weighted by molar-refractivity contribution is 6.35. The Morgan fingerprint density at radius 2 is 1.35 bits per heavy atom. The summed E-state index contributed by atoms with van der Waals surface area (Å²) in [5.41, 5.74) is 1.15. The molecule has 2 N–H and O–H groups in total. The second kappa shape index (κ2) is 12.7. The van der Waals surface area contributed by atoms with Gasteiger partial charge in [0.15, 0.2) is 0 Å². The molecule has 2 amide bonds. The molecule has 0 atom stereocenters. The zero-order chi connectivity index (χ0) is 16.8. The SMILES string of the molecule is CCCCCCCCCNC(=O)C(=O)NCCc1ccccc1. The van der Waals surface area contributed by atoms with Crippen LogP contribution >= 0.6 is 0 Å². The zero-order valence-corrected chi connectivity index (χ0v) is 14.3. The highest BCUT2D eigenvalue weighted by Crippen LogP contribution is 2.06. The lowest BCUT2D eigenvalue weighted by molar-refractivity contribution is -0.139. The lowest BCUT2D eigenvalue weighted by atomic mass is 10.1. The van der Waals surface area contributed by atoms with Crippen LogP contribution in [0.5, 0.6) is 0 Å². The first kappa shape index (κ1) is 19.2. The Labute approximate surface area is 140 Å². The Morgan fingerprint density at radius 1 is 0.783 bits per heavy atom. The van der Waals surface area contributed by atoms with Gasteiger partial charge in [-0.05, 0) is 18.4 Å². The molecule has 1 aromatic rings. The molecule has 0 fully saturated rings. The van der Waals surface area contributed by atoms with E-state index in [1.165, 1.54) is 32.1 Å². The molecule has 4 nitrogen and oxygen atoms in total. The van der Waals surface area contributed by atoms with Gasteiger partial charge in [-0.3, -0.25) is 9.59 Å². The van der Waals surface area contributed by atoms with Gasteiger partial charge < -0.3 is 10.6 Å². The van der Waals surface area contributed by atoms with Crippen molar-refractivity contribution in [2.24, 2.45) is 0 Å². The van der Waals surface area contributed by atoms with Crippen molar-refractivity contribution in [1.82, 2.24) is 10.6 Å². The summed E-state index contributed by atoms with van der Waals surface area (Å²) in [6.07, 6.45) is 9.12. The largest absolute Gasteiger partial charge is 0.348 e. The molecule has 0 heterocycles. The Kier molecular flexibility index (Phi) is 10.6. The maximum absolute atomic E-state index is 11.6. The van der Waals surface area contributed by atoms with Gasteiger partial charge in [0.1, 0.15) is 0 Å². The first-order valence-corrected chi connectivity index (χ1v) is 8.84. The van der Waals surface area contributed by atoms with Crippen LogP contribution in [-0.4, -0.2) is 24.9 Å². The van der Waals surface area contributed by atoms with Gasteiger partial charge >= 0.3 is 11.8 Å². The van der Waals surface area contributed by atoms with E-state index in [-0.39, 0.29) is 0 Å². The Morgan fingerprint density at radius 3 is 2.00 bits per heavy atom. The first-order chi connectivity index (χ1) is 11.2. The van der Waals surface area contributed by atoms with Crippen LogP contribution in [-0.2, 0) is 16.0 Å². The molecule has 0 aliphatic rings. The van der Waals surface area contributed by atoms with E-state index in [1.54, 1.807) is 0 Å². The number of benzene rings is 1. The highest BCUT2D eigenvalue weighted by atomic mass is 16.2. The summed E-state index contributed by atoms with van der Waals surface area (Å²) in [5, 5.41) is 5.34. The second-order valence-electron chi connectivity index (χ2n) is 5.87. The number of unbranched alkanes of at least 4 members (excludes halogenated alkanes) is 6. The summed E-state index contributed by atoms with van der Waals surface area (Å²) in [6, 6.07) is 9.90. The van der Waals surface area contributed by atoms with Crippen molar-refractivity contribution in [3.8, 4) is 0 Å². The van der Waals surface area contributed by atoms with Crippen LogP contribution in [0.15, 0.2) is 30.3 Å².